The molecule has 0 N–H and O–H groups in total. The molecule has 6 nitrogen and oxygen atoms in total. The van der Waals surface area contributed by atoms with Crippen molar-refractivity contribution in [1.29, 1.82) is 0 Å². The Labute approximate surface area is 183 Å². The molecule has 162 valence electrons. The number of ether oxygens (including phenoxy) is 2. The van der Waals surface area contributed by atoms with Crippen LogP contribution in [0.3, 0.4) is 0 Å². The summed E-state index contributed by atoms with van der Waals surface area (Å²) in [7, 11) is 0. The molecule has 2 aromatic carbocycles. The van der Waals surface area contributed by atoms with Gasteiger partial charge in [-0.1, -0.05) is 35.9 Å². The Morgan fingerprint density at radius 2 is 1.68 bits per heavy atom. The molecule has 0 radical (unpaired) electrons. The average molecular weight is 421 g/mol. The number of nitrogens with zero attached hydrogens (tertiary/aromatic N) is 2. The van der Waals surface area contributed by atoms with E-state index in [9.17, 15) is 9.59 Å². The zero-order chi connectivity index (χ0) is 22.1. The molecule has 2 aromatic rings. The van der Waals surface area contributed by atoms with E-state index in [0.29, 0.717) is 49.0 Å². The summed E-state index contributed by atoms with van der Waals surface area (Å²) in [6, 6.07) is 13.2. The summed E-state index contributed by atoms with van der Waals surface area (Å²) < 4.78 is 11.4. The van der Waals surface area contributed by atoms with Crippen LogP contribution in [0.4, 0.5) is 5.69 Å². The highest BCUT2D eigenvalue weighted by Gasteiger charge is 2.44. The van der Waals surface area contributed by atoms with Crippen LogP contribution in [0, 0.1) is 13.8 Å². The highest BCUT2D eigenvalue weighted by Crippen LogP contribution is 2.39. The Hall–Kier alpha value is -3.12. The molecule has 0 unspecified atom stereocenters. The molecule has 0 atom stereocenters. The number of carbonyl (C=O) groups excluding carboxylic acids is 2. The third-order valence-electron chi connectivity index (χ3n) is 5.51. The molecule has 2 heterocycles. The molecule has 0 spiro atoms. The predicted molar refractivity (Wildman–Crippen MR) is 120 cm³/mol. The Morgan fingerprint density at radius 3 is 2.35 bits per heavy atom. The minimum absolute atomic E-state index is 0.0838. The van der Waals surface area contributed by atoms with Gasteiger partial charge in [0.2, 0.25) is 0 Å². The van der Waals surface area contributed by atoms with Crippen LogP contribution in [0.1, 0.15) is 30.5 Å². The molecule has 0 aliphatic carbocycles. The molecular weight excluding hydrogens is 392 g/mol. The van der Waals surface area contributed by atoms with Gasteiger partial charge in [-0.15, -0.1) is 0 Å². The number of hydrogen-bond acceptors (Lipinski definition) is 5. The first-order valence-electron chi connectivity index (χ1n) is 10.7. The van der Waals surface area contributed by atoms with E-state index < -0.39 is 0 Å². The van der Waals surface area contributed by atoms with Crippen LogP contribution in [0.2, 0.25) is 0 Å². The maximum atomic E-state index is 13.8. The first kappa shape index (κ1) is 21.1. The zero-order valence-corrected chi connectivity index (χ0v) is 18.5. The first-order chi connectivity index (χ1) is 14.9. The maximum absolute atomic E-state index is 13.8. The van der Waals surface area contributed by atoms with E-state index in [0.717, 1.165) is 16.7 Å². The van der Waals surface area contributed by atoms with E-state index in [2.05, 4.69) is 0 Å². The van der Waals surface area contributed by atoms with Crippen LogP contribution in [-0.2, 0) is 14.3 Å². The molecule has 6 heteroatoms. The number of benzene rings is 2. The number of amides is 2. The van der Waals surface area contributed by atoms with Gasteiger partial charge >= 0.3 is 0 Å². The Kier molecular flexibility index (Phi) is 5.83. The molecule has 1 saturated heterocycles. The van der Waals surface area contributed by atoms with E-state index in [1.807, 2.05) is 62.9 Å². The smallest absolute Gasteiger partial charge is 0.282 e. The number of hydrogen-bond donors (Lipinski definition) is 0. The second-order valence-electron chi connectivity index (χ2n) is 8.22. The van der Waals surface area contributed by atoms with Crippen LogP contribution in [0.15, 0.2) is 48.2 Å². The number of rotatable bonds is 5. The van der Waals surface area contributed by atoms with Crippen molar-refractivity contribution >= 4 is 23.1 Å². The summed E-state index contributed by atoms with van der Waals surface area (Å²) in [6.45, 7) is 10.0. The number of carbonyl (C=O) groups is 2. The maximum Gasteiger partial charge on any atom is 0.282 e. The van der Waals surface area contributed by atoms with E-state index in [1.54, 1.807) is 12.1 Å². The fourth-order valence-corrected chi connectivity index (χ4v) is 4.15. The monoisotopic (exact) mass is 420 g/mol. The minimum Gasteiger partial charge on any atom is -0.489 e. The summed E-state index contributed by atoms with van der Waals surface area (Å²) in [6.07, 6.45) is -0.0838. The van der Waals surface area contributed by atoms with Crippen molar-refractivity contribution in [2.24, 2.45) is 0 Å². The molecule has 4 rings (SSSR count). The number of para-hydroxylation sites is 2. The predicted octanol–water partition coefficient (Wildman–Crippen LogP) is 3.71. The molecule has 2 aliphatic heterocycles. The van der Waals surface area contributed by atoms with Crippen LogP contribution in [0.25, 0.3) is 5.57 Å². The Bertz CT molecular complexity index is 1050. The van der Waals surface area contributed by atoms with Gasteiger partial charge in [0.1, 0.15) is 11.4 Å². The van der Waals surface area contributed by atoms with Gasteiger partial charge in [-0.2, -0.15) is 0 Å². The van der Waals surface area contributed by atoms with E-state index in [4.69, 9.17) is 9.47 Å². The summed E-state index contributed by atoms with van der Waals surface area (Å²) in [5.41, 5.74) is 4.23. The van der Waals surface area contributed by atoms with E-state index >= 15 is 0 Å². The lowest BCUT2D eigenvalue weighted by molar-refractivity contribution is -0.121. The fourth-order valence-electron chi connectivity index (χ4n) is 4.15. The van der Waals surface area contributed by atoms with E-state index in [-0.39, 0.29) is 17.9 Å². The fraction of sp³-hybridized carbons (Fsp3) is 0.360. The van der Waals surface area contributed by atoms with Gasteiger partial charge in [-0.05, 0) is 51.0 Å². The highest BCUT2D eigenvalue weighted by atomic mass is 16.5. The van der Waals surface area contributed by atoms with Crippen molar-refractivity contribution in [3.05, 3.63) is 64.9 Å². The number of morpholine rings is 1. The number of anilines is 1. The Balaban J connectivity index is 1.85. The number of imide groups is 1. The van der Waals surface area contributed by atoms with E-state index in [1.165, 1.54) is 4.90 Å². The van der Waals surface area contributed by atoms with Gasteiger partial charge in [0.05, 0.1) is 30.6 Å². The molecule has 31 heavy (non-hydrogen) atoms. The van der Waals surface area contributed by atoms with Gasteiger partial charge in [0.25, 0.3) is 11.8 Å². The van der Waals surface area contributed by atoms with Crippen molar-refractivity contribution in [2.45, 2.75) is 33.8 Å². The minimum atomic E-state index is -0.321. The van der Waals surface area contributed by atoms with Crippen LogP contribution in [0.5, 0.6) is 5.75 Å². The van der Waals surface area contributed by atoms with Crippen molar-refractivity contribution in [2.75, 3.05) is 31.2 Å². The van der Waals surface area contributed by atoms with Gasteiger partial charge in [-0.3, -0.25) is 9.59 Å². The Morgan fingerprint density at radius 1 is 0.968 bits per heavy atom. The summed E-state index contributed by atoms with van der Waals surface area (Å²) in [5, 5.41) is 0. The van der Waals surface area contributed by atoms with Crippen molar-refractivity contribution in [3.8, 4) is 5.75 Å². The molecule has 0 aromatic heterocycles. The van der Waals surface area contributed by atoms with Gasteiger partial charge in [0.15, 0.2) is 0 Å². The quantitative estimate of drug-likeness (QED) is 0.691. The van der Waals surface area contributed by atoms with Crippen molar-refractivity contribution < 1.29 is 19.1 Å². The third-order valence-corrected chi connectivity index (χ3v) is 5.51. The lowest BCUT2D eigenvalue weighted by atomic mass is 9.97. The SMILES string of the molecule is Cc1ccc(C2=C(N3CCOCC3)C(=O)N(c3ccccc3OC(C)C)C2=O)c(C)c1. The van der Waals surface area contributed by atoms with Gasteiger partial charge < -0.3 is 14.4 Å². The molecule has 2 amide bonds. The second kappa shape index (κ2) is 8.55. The topological polar surface area (TPSA) is 59.1 Å². The average Bonchev–Trinajstić information content (AvgIpc) is 2.99. The van der Waals surface area contributed by atoms with Crippen LogP contribution >= 0.6 is 0 Å². The molecule has 1 fully saturated rings. The molecular formula is C25H28N2O4. The van der Waals surface area contributed by atoms with Gasteiger partial charge in [-0.25, -0.2) is 4.90 Å². The summed E-state index contributed by atoms with van der Waals surface area (Å²) in [5.74, 6) is -0.123. The summed E-state index contributed by atoms with van der Waals surface area (Å²) in [4.78, 5) is 30.7. The van der Waals surface area contributed by atoms with Crippen LogP contribution < -0.4 is 9.64 Å². The van der Waals surface area contributed by atoms with Crippen molar-refractivity contribution in [1.82, 2.24) is 4.90 Å². The lowest BCUT2D eigenvalue weighted by Crippen LogP contribution is -2.40. The van der Waals surface area contributed by atoms with Crippen molar-refractivity contribution in [3.63, 3.8) is 0 Å². The first-order valence-corrected chi connectivity index (χ1v) is 10.7. The normalized spacial score (nSPS) is 17.2. The van der Waals surface area contributed by atoms with Gasteiger partial charge in [0, 0.05) is 13.1 Å². The summed E-state index contributed by atoms with van der Waals surface area (Å²) >= 11 is 0. The molecule has 0 bridgehead atoms. The third kappa shape index (κ3) is 3.95. The largest absolute Gasteiger partial charge is 0.489 e. The molecule has 0 saturated carbocycles. The molecule has 2 aliphatic rings. The van der Waals surface area contributed by atoms with Crippen LogP contribution in [-0.4, -0.2) is 49.1 Å². The second-order valence-corrected chi connectivity index (χ2v) is 8.22. The lowest BCUT2D eigenvalue weighted by Gasteiger charge is -2.30. The highest BCUT2D eigenvalue weighted by molar-refractivity contribution is 6.45. The zero-order valence-electron chi connectivity index (χ0n) is 18.5. The standard InChI is InChI=1S/C25H28N2O4/c1-16(2)31-21-8-6-5-7-20(21)27-24(28)22(19-10-9-17(3)15-18(19)4)23(25(27)29)26-11-13-30-14-12-26/h5-10,15-16H,11-14H2,1-4H3. The number of aryl methyl sites for hydroxylation is 2.